The van der Waals surface area contributed by atoms with Crippen LogP contribution in [0.4, 0.5) is 0 Å². The van der Waals surface area contributed by atoms with Crippen molar-refractivity contribution >= 4 is 22.5 Å². The molecule has 0 aliphatic heterocycles. The van der Waals surface area contributed by atoms with Crippen LogP contribution in [0.25, 0.3) is 16.6 Å². The van der Waals surface area contributed by atoms with Crippen molar-refractivity contribution in [2.24, 2.45) is 5.92 Å². The summed E-state index contributed by atoms with van der Waals surface area (Å²) in [4.78, 5) is 18.0. The minimum absolute atomic E-state index is 0.0328. The molecule has 0 spiro atoms. The lowest BCUT2D eigenvalue weighted by atomic mass is 9.83. The maximum atomic E-state index is 13.0. The number of aliphatic hydroxyl groups is 1. The molecule has 1 aliphatic carbocycles. The van der Waals surface area contributed by atoms with Gasteiger partial charge >= 0.3 is 0 Å². The van der Waals surface area contributed by atoms with E-state index in [-0.39, 0.29) is 18.4 Å². The average molecular weight is 548 g/mol. The molecule has 1 saturated carbocycles. The Balaban J connectivity index is 0.000000500. The van der Waals surface area contributed by atoms with Crippen molar-refractivity contribution in [3.63, 3.8) is 0 Å². The number of aryl methyl sites for hydroxylation is 2. The van der Waals surface area contributed by atoms with Gasteiger partial charge in [-0.3, -0.25) is 9.20 Å². The smallest absolute Gasteiger partial charge is 0.227 e. The van der Waals surface area contributed by atoms with Crippen molar-refractivity contribution < 1.29 is 9.90 Å². The van der Waals surface area contributed by atoms with E-state index >= 15 is 0 Å². The van der Waals surface area contributed by atoms with Crippen molar-refractivity contribution in [2.75, 3.05) is 13.2 Å². The third-order valence-electron chi connectivity index (χ3n) is 8.24. The molecule has 5 nitrogen and oxygen atoms in total. The number of aliphatic hydroxyl groups excluding tert-OH is 1. The van der Waals surface area contributed by atoms with Gasteiger partial charge in [0.25, 0.3) is 0 Å². The quantitative estimate of drug-likeness (QED) is 0.219. The zero-order valence-electron chi connectivity index (χ0n) is 24.2. The van der Waals surface area contributed by atoms with Crippen LogP contribution in [0.15, 0.2) is 91.0 Å². The Kier molecular flexibility index (Phi) is 9.48. The molecule has 0 bridgehead atoms. The number of aromatic nitrogens is 2. The van der Waals surface area contributed by atoms with E-state index in [1.807, 2.05) is 36.4 Å². The molecule has 6 rings (SSSR count). The fraction of sp³-hybridized carbons (Fsp3) is 0.333. The van der Waals surface area contributed by atoms with Crippen LogP contribution in [-0.4, -0.2) is 33.6 Å². The van der Waals surface area contributed by atoms with Gasteiger partial charge in [0.2, 0.25) is 5.91 Å². The highest BCUT2D eigenvalue weighted by Crippen LogP contribution is 2.38. The minimum atomic E-state index is -0.148. The molecule has 41 heavy (non-hydrogen) atoms. The third kappa shape index (κ3) is 6.52. The van der Waals surface area contributed by atoms with E-state index in [9.17, 15) is 9.90 Å². The summed E-state index contributed by atoms with van der Waals surface area (Å²) in [5.74, 6) is 0.263. The first-order valence-corrected chi connectivity index (χ1v) is 15.0. The van der Waals surface area contributed by atoms with Crippen molar-refractivity contribution in [3.05, 3.63) is 119 Å². The minimum Gasteiger partial charge on any atom is -0.395 e. The van der Waals surface area contributed by atoms with Gasteiger partial charge in [-0.05, 0) is 55.4 Å². The topological polar surface area (TPSA) is 66.6 Å². The number of benzene rings is 3. The zero-order valence-corrected chi connectivity index (χ0v) is 24.2. The molecular formula is C36H41N3O2. The van der Waals surface area contributed by atoms with E-state index in [0.29, 0.717) is 12.5 Å². The largest absolute Gasteiger partial charge is 0.395 e. The molecule has 0 saturated heterocycles. The van der Waals surface area contributed by atoms with Crippen LogP contribution >= 0.6 is 0 Å². The highest BCUT2D eigenvalue weighted by atomic mass is 16.3. The molecule has 5 aromatic rings. The van der Waals surface area contributed by atoms with E-state index < -0.39 is 0 Å². The number of fused-ring (bicyclic) bond motifs is 3. The monoisotopic (exact) mass is 547 g/mol. The van der Waals surface area contributed by atoms with Gasteiger partial charge in [-0.2, -0.15) is 0 Å². The first-order chi connectivity index (χ1) is 20.1. The number of carbonyl (C=O) groups is 1. The standard InChI is InChI=1S/C30H35N3O2.C6H6/c1-3-24-18-20(2)33-27-11-7-6-10-25(27)26(29(33)32-24)19-21-12-14-23(15-13-21)28(22-8-4-5-9-22)30(35)31-16-17-34;1-2-4-6-5-3-1/h6-7,10-15,18,22,28,34H,3-5,8-9,16-17,19H2,1-2H3,(H,31,35);1-6H. The number of nitrogens with zero attached hydrogens (tertiary/aromatic N) is 2. The fourth-order valence-electron chi connectivity index (χ4n) is 6.25. The van der Waals surface area contributed by atoms with Gasteiger partial charge in [0, 0.05) is 35.3 Å². The van der Waals surface area contributed by atoms with Crippen molar-refractivity contribution in [1.29, 1.82) is 0 Å². The fourth-order valence-corrected chi connectivity index (χ4v) is 6.25. The summed E-state index contributed by atoms with van der Waals surface area (Å²) >= 11 is 0. The Morgan fingerprint density at radius 2 is 1.63 bits per heavy atom. The molecule has 0 radical (unpaired) electrons. The van der Waals surface area contributed by atoms with Gasteiger partial charge in [0.1, 0.15) is 5.65 Å². The van der Waals surface area contributed by atoms with E-state index in [0.717, 1.165) is 42.6 Å². The van der Waals surface area contributed by atoms with Crippen LogP contribution in [0.2, 0.25) is 0 Å². The van der Waals surface area contributed by atoms with Crippen molar-refractivity contribution in [3.8, 4) is 0 Å². The predicted molar refractivity (Wildman–Crippen MR) is 167 cm³/mol. The lowest BCUT2D eigenvalue weighted by molar-refractivity contribution is -0.123. The van der Waals surface area contributed by atoms with Crippen LogP contribution in [0.1, 0.15) is 66.6 Å². The maximum Gasteiger partial charge on any atom is 0.227 e. The second kappa shape index (κ2) is 13.6. The van der Waals surface area contributed by atoms with Crippen molar-refractivity contribution in [2.45, 2.75) is 58.3 Å². The van der Waals surface area contributed by atoms with Crippen molar-refractivity contribution in [1.82, 2.24) is 14.7 Å². The summed E-state index contributed by atoms with van der Waals surface area (Å²) < 4.78 is 2.28. The molecule has 5 heteroatoms. The van der Waals surface area contributed by atoms with Gasteiger partial charge in [-0.25, -0.2) is 4.98 Å². The summed E-state index contributed by atoms with van der Waals surface area (Å²) in [6.45, 7) is 4.58. The lowest BCUT2D eigenvalue weighted by Crippen LogP contribution is -2.34. The molecule has 1 fully saturated rings. The number of nitrogens with one attached hydrogen (secondary N) is 1. The first kappa shape index (κ1) is 28.6. The Morgan fingerprint density at radius 3 is 2.27 bits per heavy atom. The van der Waals surface area contributed by atoms with E-state index in [2.05, 4.69) is 78.2 Å². The van der Waals surface area contributed by atoms with E-state index in [1.165, 1.54) is 40.6 Å². The molecule has 2 N–H and O–H groups in total. The van der Waals surface area contributed by atoms with Crippen LogP contribution in [0.5, 0.6) is 0 Å². The van der Waals surface area contributed by atoms with Crippen LogP contribution in [0, 0.1) is 12.8 Å². The molecule has 1 atom stereocenters. The molecular weight excluding hydrogens is 506 g/mol. The number of rotatable bonds is 8. The maximum absolute atomic E-state index is 13.0. The molecule has 1 unspecified atom stereocenters. The van der Waals surface area contributed by atoms with E-state index in [4.69, 9.17) is 4.98 Å². The molecule has 2 heterocycles. The highest BCUT2D eigenvalue weighted by Gasteiger charge is 2.31. The SMILES string of the molecule is CCc1cc(C)n2c(n1)c(Cc1ccc(C(C(=O)NCCO)C3CCCC3)cc1)c1ccccc12.c1ccccc1. The Morgan fingerprint density at radius 1 is 0.976 bits per heavy atom. The van der Waals surface area contributed by atoms with Gasteiger partial charge in [0.15, 0.2) is 0 Å². The van der Waals surface area contributed by atoms with Gasteiger partial charge < -0.3 is 10.4 Å². The summed E-state index contributed by atoms with van der Waals surface area (Å²) in [5.41, 5.74) is 8.10. The summed E-state index contributed by atoms with van der Waals surface area (Å²) in [6, 6.07) is 31.3. The highest BCUT2D eigenvalue weighted by molar-refractivity contribution is 5.91. The van der Waals surface area contributed by atoms with Gasteiger partial charge in [-0.1, -0.05) is 98.6 Å². The Hall–Kier alpha value is -3.96. The van der Waals surface area contributed by atoms with Gasteiger partial charge in [0.05, 0.1) is 18.0 Å². The second-order valence-corrected chi connectivity index (χ2v) is 11.0. The van der Waals surface area contributed by atoms with Gasteiger partial charge in [-0.15, -0.1) is 0 Å². The number of amides is 1. The number of hydrogen-bond acceptors (Lipinski definition) is 3. The van der Waals surface area contributed by atoms with Crippen LogP contribution < -0.4 is 5.32 Å². The number of hydrogen-bond donors (Lipinski definition) is 2. The average Bonchev–Trinajstić information content (AvgIpc) is 3.65. The summed E-state index contributed by atoms with van der Waals surface area (Å²) in [5, 5.41) is 13.3. The Labute approximate surface area is 243 Å². The number of carbonyl (C=O) groups excluding carboxylic acids is 1. The molecule has 212 valence electrons. The Bertz CT molecular complexity index is 1540. The van der Waals surface area contributed by atoms with E-state index in [1.54, 1.807) is 0 Å². The molecule has 1 aliphatic rings. The number of para-hydroxylation sites is 1. The molecule has 2 aromatic heterocycles. The summed E-state index contributed by atoms with van der Waals surface area (Å²) in [7, 11) is 0. The lowest BCUT2D eigenvalue weighted by Gasteiger charge is -2.23. The predicted octanol–water partition coefficient (Wildman–Crippen LogP) is 7.02. The normalized spacial score (nSPS) is 14.1. The van der Waals surface area contributed by atoms with Crippen LogP contribution in [-0.2, 0) is 17.6 Å². The zero-order chi connectivity index (χ0) is 28.6. The summed E-state index contributed by atoms with van der Waals surface area (Å²) in [6.07, 6.45) is 6.26. The second-order valence-electron chi connectivity index (χ2n) is 11.0. The third-order valence-corrected chi connectivity index (χ3v) is 8.24. The van der Waals surface area contributed by atoms with Crippen LogP contribution in [0.3, 0.4) is 0 Å². The molecule has 1 amide bonds. The first-order valence-electron chi connectivity index (χ1n) is 15.0. The molecule has 3 aromatic carbocycles.